The van der Waals surface area contributed by atoms with Gasteiger partial charge in [-0.25, -0.2) is 8.42 Å². The highest BCUT2D eigenvalue weighted by Crippen LogP contribution is 2.18. The molecule has 0 aliphatic carbocycles. The predicted molar refractivity (Wildman–Crippen MR) is 79.1 cm³/mol. The summed E-state index contributed by atoms with van der Waals surface area (Å²) >= 11 is 0. The monoisotopic (exact) mass is 305 g/mol. The van der Waals surface area contributed by atoms with Crippen LogP contribution in [-0.4, -0.2) is 80.9 Å². The number of sulfonamides is 1. The average Bonchev–Trinajstić information content (AvgIpc) is 2.47. The quantitative estimate of drug-likeness (QED) is 0.680. The Morgan fingerprint density at radius 2 is 1.75 bits per heavy atom. The van der Waals surface area contributed by atoms with E-state index in [1.807, 2.05) is 0 Å². The van der Waals surface area contributed by atoms with E-state index in [2.05, 4.69) is 10.2 Å². The molecule has 2 heterocycles. The second kappa shape index (κ2) is 7.70. The molecule has 118 valence electrons. The predicted octanol–water partition coefficient (Wildman–Crippen LogP) is -0.684. The van der Waals surface area contributed by atoms with Crippen LogP contribution in [0.5, 0.6) is 0 Å². The molecule has 2 rings (SSSR count). The number of piperidine rings is 1. The van der Waals surface area contributed by atoms with E-state index in [0.29, 0.717) is 25.6 Å². The minimum Gasteiger partial charge on any atom is -0.395 e. The van der Waals surface area contributed by atoms with E-state index in [9.17, 15) is 8.42 Å². The van der Waals surface area contributed by atoms with Crippen molar-refractivity contribution in [3.05, 3.63) is 0 Å². The summed E-state index contributed by atoms with van der Waals surface area (Å²) in [6, 6.07) is 0. The van der Waals surface area contributed by atoms with Crippen LogP contribution in [0.1, 0.15) is 19.3 Å². The summed E-state index contributed by atoms with van der Waals surface area (Å²) in [5, 5.41) is 12.2. The summed E-state index contributed by atoms with van der Waals surface area (Å²) in [7, 11) is -3.10. The van der Waals surface area contributed by atoms with Crippen LogP contribution in [0.15, 0.2) is 0 Å². The first kappa shape index (κ1) is 16.2. The summed E-state index contributed by atoms with van der Waals surface area (Å²) in [6.45, 7) is 5.41. The van der Waals surface area contributed by atoms with Crippen LogP contribution < -0.4 is 5.32 Å². The number of rotatable bonds is 6. The van der Waals surface area contributed by atoms with Crippen molar-refractivity contribution >= 4 is 10.0 Å². The summed E-state index contributed by atoms with van der Waals surface area (Å²) in [5.41, 5.74) is 0. The summed E-state index contributed by atoms with van der Waals surface area (Å²) in [4.78, 5) is 2.11. The molecule has 0 saturated carbocycles. The van der Waals surface area contributed by atoms with Crippen molar-refractivity contribution in [2.45, 2.75) is 19.3 Å². The zero-order chi connectivity index (χ0) is 14.4. The van der Waals surface area contributed by atoms with E-state index < -0.39 is 10.0 Å². The number of nitrogens with one attached hydrogen (secondary N) is 1. The number of hydrogen-bond acceptors (Lipinski definition) is 5. The number of aliphatic hydroxyl groups excluding tert-OH is 1. The van der Waals surface area contributed by atoms with Gasteiger partial charge in [0, 0.05) is 32.7 Å². The normalized spacial score (nSPS) is 24.1. The molecule has 20 heavy (non-hydrogen) atoms. The van der Waals surface area contributed by atoms with Crippen molar-refractivity contribution < 1.29 is 13.5 Å². The SMILES string of the molecule is O=S(=O)(CCC1CCNCC1)N1CCN(CCO)CC1. The highest BCUT2D eigenvalue weighted by Gasteiger charge is 2.27. The number of hydrogen-bond donors (Lipinski definition) is 2. The molecule has 0 aromatic carbocycles. The second-order valence-corrected chi connectivity index (χ2v) is 7.85. The van der Waals surface area contributed by atoms with Gasteiger partial charge in [0.25, 0.3) is 0 Å². The lowest BCUT2D eigenvalue weighted by molar-refractivity contribution is 0.151. The van der Waals surface area contributed by atoms with Gasteiger partial charge in [-0.05, 0) is 38.3 Å². The minimum atomic E-state index is -3.10. The Bertz CT molecular complexity index is 374. The zero-order valence-corrected chi connectivity index (χ0v) is 12.9. The minimum absolute atomic E-state index is 0.141. The molecule has 0 radical (unpaired) electrons. The van der Waals surface area contributed by atoms with Gasteiger partial charge in [0.15, 0.2) is 0 Å². The molecule has 0 unspecified atom stereocenters. The van der Waals surface area contributed by atoms with Crippen molar-refractivity contribution in [3.63, 3.8) is 0 Å². The Morgan fingerprint density at radius 1 is 1.10 bits per heavy atom. The number of nitrogens with zero attached hydrogens (tertiary/aromatic N) is 2. The molecular formula is C13H27N3O3S. The fraction of sp³-hybridized carbons (Fsp3) is 1.00. The molecule has 0 aromatic heterocycles. The molecular weight excluding hydrogens is 278 g/mol. The summed E-state index contributed by atoms with van der Waals surface area (Å²) < 4.78 is 26.3. The molecule has 2 N–H and O–H groups in total. The lowest BCUT2D eigenvalue weighted by atomic mass is 9.96. The van der Waals surface area contributed by atoms with E-state index >= 15 is 0 Å². The van der Waals surface area contributed by atoms with Crippen LogP contribution in [0.3, 0.4) is 0 Å². The Balaban J connectivity index is 1.75. The second-order valence-electron chi connectivity index (χ2n) is 5.76. The molecule has 0 bridgehead atoms. The number of β-amino-alcohol motifs (C(OH)–C–C–N with tert-alkyl or cyclic N) is 1. The molecule has 0 amide bonds. The highest BCUT2D eigenvalue weighted by molar-refractivity contribution is 7.89. The van der Waals surface area contributed by atoms with E-state index in [-0.39, 0.29) is 12.4 Å². The van der Waals surface area contributed by atoms with Gasteiger partial charge in [0.2, 0.25) is 10.0 Å². The Kier molecular flexibility index (Phi) is 6.22. The van der Waals surface area contributed by atoms with Crippen molar-refractivity contribution in [2.24, 2.45) is 5.92 Å². The Morgan fingerprint density at radius 3 is 2.35 bits per heavy atom. The molecule has 6 nitrogen and oxygen atoms in total. The van der Waals surface area contributed by atoms with Crippen molar-refractivity contribution in [3.8, 4) is 0 Å². The first-order valence-corrected chi connectivity index (χ1v) is 9.24. The molecule has 7 heteroatoms. The van der Waals surface area contributed by atoms with Gasteiger partial charge in [-0.3, -0.25) is 4.90 Å². The van der Waals surface area contributed by atoms with Gasteiger partial charge in [0.05, 0.1) is 12.4 Å². The van der Waals surface area contributed by atoms with Crippen molar-refractivity contribution in [1.29, 1.82) is 0 Å². The fourth-order valence-corrected chi connectivity index (χ4v) is 4.60. The van der Waals surface area contributed by atoms with Crippen LogP contribution >= 0.6 is 0 Å². The number of piperazine rings is 1. The summed E-state index contributed by atoms with van der Waals surface area (Å²) in [6.07, 6.45) is 2.99. The van der Waals surface area contributed by atoms with Gasteiger partial charge in [-0.15, -0.1) is 0 Å². The number of aliphatic hydroxyl groups is 1. The van der Waals surface area contributed by atoms with Crippen LogP contribution in [-0.2, 0) is 10.0 Å². The van der Waals surface area contributed by atoms with Crippen molar-refractivity contribution in [2.75, 3.05) is 58.2 Å². The molecule has 0 atom stereocenters. The van der Waals surface area contributed by atoms with Crippen LogP contribution in [0.4, 0.5) is 0 Å². The van der Waals surface area contributed by atoms with Gasteiger partial charge >= 0.3 is 0 Å². The van der Waals surface area contributed by atoms with E-state index in [0.717, 1.165) is 45.4 Å². The third kappa shape index (κ3) is 4.66. The van der Waals surface area contributed by atoms with Gasteiger partial charge in [-0.1, -0.05) is 0 Å². The third-order valence-electron chi connectivity index (χ3n) is 4.38. The molecule has 2 saturated heterocycles. The maximum atomic E-state index is 12.3. The van der Waals surface area contributed by atoms with Gasteiger partial charge in [-0.2, -0.15) is 4.31 Å². The van der Waals surface area contributed by atoms with Gasteiger partial charge < -0.3 is 10.4 Å². The van der Waals surface area contributed by atoms with E-state index in [4.69, 9.17) is 5.11 Å². The molecule has 2 fully saturated rings. The Labute approximate surface area is 122 Å². The maximum absolute atomic E-state index is 12.3. The first-order valence-electron chi connectivity index (χ1n) is 7.63. The first-order chi connectivity index (χ1) is 9.62. The van der Waals surface area contributed by atoms with E-state index in [1.54, 1.807) is 4.31 Å². The molecule has 2 aliphatic rings. The maximum Gasteiger partial charge on any atom is 0.214 e. The molecule has 0 aromatic rings. The lowest BCUT2D eigenvalue weighted by Crippen LogP contribution is -2.49. The average molecular weight is 305 g/mol. The smallest absolute Gasteiger partial charge is 0.214 e. The van der Waals surface area contributed by atoms with E-state index in [1.165, 1.54) is 0 Å². The topological polar surface area (TPSA) is 72.9 Å². The third-order valence-corrected chi connectivity index (χ3v) is 6.29. The largest absolute Gasteiger partial charge is 0.395 e. The van der Waals surface area contributed by atoms with Gasteiger partial charge in [0.1, 0.15) is 0 Å². The summed E-state index contributed by atoms with van der Waals surface area (Å²) in [5.74, 6) is 0.846. The van der Waals surface area contributed by atoms with Crippen LogP contribution in [0, 0.1) is 5.92 Å². The standard InChI is InChI=1S/C13H27N3O3S/c17-11-10-15-6-8-16(9-7-15)20(18,19)12-3-13-1-4-14-5-2-13/h13-14,17H,1-12H2. The molecule has 0 spiro atoms. The Hall–Kier alpha value is -0.210. The zero-order valence-electron chi connectivity index (χ0n) is 12.1. The van der Waals surface area contributed by atoms with Crippen LogP contribution in [0.2, 0.25) is 0 Å². The highest BCUT2D eigenvalue weighted by atomic mass is 32.2. The fourth-order valence-electron chi connectivity index (χ4n) is 2.99. The molecule has 2 aliphatic heterocycles. The lowest BCUT2D eigenvalue weighted by Gasteiger charge is -2.34. The van der Waals surface area contributed by atoms with Crippen LogP contribution in [0.25, 0.3) is 0 Å². The van der Waals surface area contributed by atoms with Crippen molar-refractivity contribution in [1.82, 2.24) is 14.5 Å².